The van der Waals surface area contributed by atoms with Gasteiger partial charge in [0, 0.05) is 43.5 Å². The molecule has 1 saturated carbocycles. The SMILES string of the molecule is O=C(NC1CC1)C1CCN(c2ccc3cc(S(=O)(=O)N4CCCCC4)ccc3n2)CC1. The largest absolute Gasteiger partial charge is 0.357 e. The highest BCUT2D eigenvalue weighted by Gasteiger charge is 2.30. The van der Waals surface area contributed by atoms with Gasteiger partial charge in [0.2, 0.25) is 15.9 Å². The predicted octanol–water partition coefficient (Wildman–Crippen LogP) is 2.90. The summed E-state index contributed by atoms with van der Waals surface area (Å²) in [6, 6.07) is 9.56. The Morgan fingerprint density at radius 2 is 1.68 bits per heavy atom. The first-order valence-electron chi connectivity index (χ1n) is 11.5. The summed E-state index contributed by atoms with van der Waals surface area (Å²) in [7, 11) is -3.45. The molecule has 0 radical (unpaired) electrons. The first kappa shape index (κ1) is 20.7. The highest BCUT2D eigenvalue weighted by atomic mass is 32.2. The van der Waals surface area contributed by atoms with E-state index in [9.17, 15) is 13.2 Å². The maximum atomic E-state index is 13.0. The second-order valence-corrected chi connectivity index (χ2v) is 11.0. The smallest absolute Gasteiger partial charge is 0.243 e. The second kappa shape index (κ2) is 8.39. The fraction of sp³-hybridized carbons (Fsp3) is 0.565. The zero-order valence-corrected chi connectivity index (χ0v) is 18.6. The number of nitrogens with one attached hydrogen (secondary N) is 1. The number of sulfonamides is 1. The summed E-state index contributed by atoms with van der Waals surface area (Å²) in [6.07, 6.45) is 6.86. The van der Waals surface area contributed by atoms with Crippen molar-refractivity contribution in [1.29, 1.82) is 0 Å². The van der Waals surface area contributed by atoms with Crippen molar-refractivity contribution >= 4 is 32.7 Å². The van der Waals surface area contributed by atoms with Crippen molar-refractivity contribution < 1.29 is 13.2 Å². The van der Waals surface area contributed by atoms with Crippen LogP contribution in [0.3, 0.4) is 0 Å². The van der Waals surface area contributed by atoms with Gasteiger partial charge in [-0.25, -0.2) is 13.4 Å². The van der Waals surface area contributed by atoms with Gasteiger partial charge in [0.25, 0.3) is 0 Å². The molecule has 0 atom stereocenters. The van der Waals surface area contributed by atoms with E-state index in [1.54, 1.807) is 16.4 Å². The molecule has 166 valence electrons. The molecule has 1 aliphatic carbocycles. The van der Waals surface area contributed by atoms with Gasteiger partial charge in [0.15, 0.2) is 0 Å². The number of carbonyl (C=O) groups is 1. The first-order valence-corrected chi connectivity index (χ1v) is 12.9. The number of piperidine rings is 2. The van der Waals surface area contributed by atoms with Gasteiger partial charge in [-0.3, -0.25) is 4.79 Å². The molecule has 2 aromatic rings. The van der Waals surface area contributed by atoms with Crippen LogP contribution < -0.4 is 10.2 Å². The lowest BCUT2D eigenvalue weighted by Gasteiger charge is -2.32. The van der Waals surface area contributed by atoms with E-state index in [0.717, 1.165) is 74.8 Å². The number of amides is 1. The van der Waals surface area contributed by atoms with Gasteiger partial charge in [-0.2, -0.15) is 4.31 Å². The number of pyridine rings is 1. The molecule has 0 unspecified atom stereocenters. The molecule has 2 aliphatic heterocycles. The summed E-state index contributed by atoms with van der Waals surface area (Å²) < 4.78 is 27.5. The van der Waals surface area contributed by atoms with Crippen LogP contribution in [0.25, 0.3) is 10.9 Å². The van der Waals surface area contributed by atoms with E-state index in [-0.39, 0.29) is 11.8 Å². The lowest BCUT2D eigenvalue weighted by Crippen LogP contribution is -2.41. The Morgan fingerprint density at radius 1 is 0.935 bits per heavy atom. The third-order valence-corrected chi connectivity index (χ3v) is 8.61. The van der Waals surface area contributed by atoms with Crippen molar-refractivity contribution in [3.8, 4) is 0 Å². The van der Waals surface area contributed by atoms with Gasteiger partial charge in [-0.1, -0.05) is 6.42 Å². The Bertz CT molecular complexity index is 1070. The number of carbonyl (C=O) groups excluding carboxylic acids is 1. The molecule has 7 nitrogen and oxygen atoms in total. The minimum atomic E-state index is -3.45. The van der Waals surface area contributed by atoms with E-state index in [1.165, 1.54) is 0 Å². The summed E-state index contributed by atoms with van der Waals surface area (Å²) >= 11 is 0. The quantitative estimate of drug-likeness (QED) is 0.770. The molecule has 0 spiro atoms. The molecular formula is C23H30N4O3S. The number of rotatable bonds is 5. The molecule has 1 amide bonds. The fourth-order valence-corrected chi connectivity index (χ4v) is 6.15. The van der Waals surface area contributed by atoms with Crippen LogP contribution in [-0.2, 0) is 14.8 Å². The molecule has 3 heterocycles. The van der Waals surface area contributed by atoms with E-state index in [0.29, 0.717) is 24.0 Å². The summed E-state index contributed by atoms with van der Waals surface area (Å²) in [4.78, 5) is 19.6. The zero-order valence-electron chi connectivity index (χ0n) is 17.8. The highest BCUT2D eigenvalue weighted by Crippen LogP contribution is 2.28. The van der Waals surface area contributed by atoms with Gasteiger partial charge < -0.3 is 10.2 Å². The highest BCUT2D eigenvalue weighted by molar-refractivity contribution is 7.89. The van der Waals surface area contributed by atoms with Gasteiger partial charge in [0.1, 0.15) is 5.82 Å². The van der Waals surface area contributed by atoms with Crippen LogP contribution in [0.4, 0.5) is 5.82 Å². The average molecular weight is 443 g/mol. The molecule has 3 fully saturated rings. The molecular weight excluding hydrogens is 412 g/mol. The van der Waals surface area contributed by atoms with Gasteiger partial charge >= 0.3 is 0 Å². The van der Waals surface area contributed by atoms with E-state index in [1.807, 2.05) is 18.2 Å². The Labute approximate surface area is 183 Å². The van der Waals surface area contributed by atoms with Crippen LogP contribution in [0.2, 0.25) is 0 Å². The van der Waals surface area contributed by atoms with Gasteiger partial charge in [-0.15, -0.1) is 0 Å². The minimum Gasteiger partial charge on any atom is -0.357 e. The van der Waals surface area contributed by atoms with Gasteiger partial charge in [-0.05, 0) is 68.9 Å². The Kier molecular flexibility index (Phi) is 5.60. The van der Waals surface area contributed by atoms with E-state index in [2.05, 4.69) is 10.2 Å². The van der Waals surface area contributed by atoms with Crippen molar-refractivity contribution in [2.45, 2.75) is 55.9 Å². The fourth-order valence-electron chi connectivity index (χ4n) is 4.60. The van der Waals surface area contributed by atoms with Crippen LogP contribution in [0, 0.1) is 5.92 Å². The minimum absolute atomic E-state index is 0.0971. The molecule has 2 saturated heterocycles. The Balaban J connectivity index is 1.28. The number of hydrogen-bond acceptors (Lipinski definition) is 5. The molecule has 1 aromatic heterocycles. The number of fused-ring (bicyclic) bond motifs is 1. The summed E-state index contributed by atoms with van der Waals surface area (Å²) in [5.41, 5.74) is 0.795. The number of nitrogens with zero attached hydrogens (tertiary/aromatic N) is 3. The maximum absolute atomic E-state index is 13.0. The zero-order chi connectivity index (χ0) is 21.4. The third-order valence-electron chi connectivity index (χ3n) is 6.71. The summed E-state index contributed by atoms with van der Waals surface area (Å²) in [6.45, 7) is 2.82. The lowest BCUT2D eigenvalue weighted by atomic mass is 9.96. The first-order chi connectivity index (χ1) is 15.0. The van der Waals surface area contributed by atoms with E-state index < -0.39 is 10.0 Å². The van der Waals surface area contributed by atoms with Crippen LogP contribution in [0.15, 0.2) is 35.2 Å². The lowest BCUT2D eigenvalue weighted by molar-refractivity contribution is -0.125. The van der Waals surface area contributed by atoms with E-state index >= 15 is 0 Å². The number of hydrogen-bond donors (Lipinski definition) is 1. The molecule has 1 N–H and O–H groups in total. The van der Waals surface area contributed by atoms with Crippen molar-refractivity contribution in [2.24, 2.45) is 5.92 Å². The molecule has 31 heavy (non-hydrogen) atoms. The third kappa shape index (κ3) is 4.41. The molecule has 0 bridgehead atoms. The molecule has 3 aliphatic rings. The van der Waals surface area contributed by atoms with Crippen LogP contribution in [0.1, 0.15) is 44.9 Å². The molecule has 5 rings (SSSR count). The summed E-state index contributed by atoms with van der Waals surface area (Å²) in [5, 5.41) is 3.95. The summed E-state index contributed by atoms with van der Waals surface area (Å²) in [5.74, 6) is 1.19. The van der Waals surface area contributed by atoms with Crippen molar-refractivity contribution in [2.75, 3.05) is 31.1 Å². The number of anilines is 1. The van der Waals surface area contributed by atoms with Gasteiger partial charge in [0.05, 0.1) is 10.4 Å². The number of benzene rings is 1. The van der Waals surface area contributed by atoms with Crippen molar-refractivity contribution in [3.63, 3.8) is 0 Å². The number of aromatic nitrogens is 1. The standard InChI is InChI=1S/C23H30N4O3S/c28-23(24-19-5-6-19)17-10-14-26(15-11-17)22-9-4-18-16-20(7-8-21(18)25-22)31(29,30)27-12-2-1-3-13-27/h4,7-9,16-17,19H,1-3,5-6,10-15H2,(H,24,28). The van der Waals surface area contributed by atoms with Crippen LogP contribution >= 0.6 is 0 Å². The average Bonchev–Trinajstić information content (AvgIpc) is 3.63. The maximum Gasteiger partial charge on any atom is 0.243 e. The van der Waals surface area contributed by atoms with Crippen LogP contribution in [-0.4, -0.2) is 55.8 Å². The Morgan fingerprint density at radius 3 is 2.39 bits per heavy atom. The van der Waals surface area contributed by atoms with Crippen molar-refractivity contribution in [3.05, 3.63) is 30.3 Å². The Hall–Kier alpha value is -2.19. The van der Waals surface area contributed by atoms with Crippen molar-refractivity contribution in [1.82, 2.24) is 14.6 Å². The normalized spacial score (nSPS) is 21.4. The second-order valence-electron chi connectivity index (χ2n) is 9.03. The van der Waals surface area contributed by atoms with Crippen LogP contribution in [0.5, 0.6) is 0 Å². The predicted molar refractivity (Wildman–Crippen MR) is 120 cm³/mol. The van der Waals surface area contributed by atoms with E-state index in [4.69, 9.17) is 4.98 Å². The topological polar surface area (TPSA) is 82.6 Å². The molecule has 8 heteroatoms. The molecule has 1 aromatic carbocycles. The monoisotopic (exact) mass is 442 g/mol.